The Kier molecular flexibility index (Phi) is 5.35. The number of benzene rings is 1. The summed E-state index contributed by atoms with van der Waals surface area (Å²) in [4.78, 5) is 0. The summed E-state index contributed by atoms with van der Waals surface area (Å²) in [5.74, 6) is 2.71. The maximum absolute atomic E-state index is 5.36. The highest BCUT2D eigenvalue weighted by Gasteiger charge is 2.15. The number of hydrogen-bond donors (Lipinski definition) is 2. The molecule has 1 aromatic carbocycles. The van der Waals surface area contributed by atoms with Gasteiger partial charge in [-0.3, -0.25) is 0 Å². The Hall–Kier alpha value is -1.62. The molecule has 2 rings (SSSR count). The molecule has 0 aliphatic carbocycles. The van der Waals surface area contributed by atoms with E-state index in [0.717, 1.165) is 31.2 Å². The molecule has 2 N–H and O–H groups in total. The largest absolute Gasteiger partial charge is 0.493 e. The van der Waals surface area contributed by atoms with E-state index in [2.05, 4.69) is 10.6 Å². The monoisotopic (exact) mass is 280 g/mol. The van der Waals surface area contributed by atoms with Crippen LogP contribution in [0.2, 0.25) is 0 Å². The second-order valence-corrected chi connectivity index (χ2v) is 4.99. The normalized spacial score (nSPS) is 15.8. The number of piperidine rings is 1. The lowest BCUT2D eigenvalue weighted by atomic mass is 9.98. The van der Waals surface area contributed by atoms with Gasteiger partial charge < -0.3 is 24.8 Å². The van der Waals surface area contributed by atoms with Crippen LogP contribution in [0.4, 0.5) is 5.69 Å². The van der Waals surface area contributed by atoms with Gasteiger partial charge in [-0.05, 0) is 31.8 Å². The van der Waals surface area contributed by atoms with Crippen LogP contribution in [-0.2, 0) is 0 Å². The van der Waals surface area contributed by atoms with E-state index in [-0.39, 0.29) is 0 Å². The van der Waals surface area contributed by atoms with Crippen molar-refractivity contribution in [3.8, 4) is 17.2 Å². The van der Waals surface area contributed by atoms with Crippen molar-refractivity contribution in [2.24, 2.45) is 5.92 Å². The van der Waals surface area contributed by atoms with Crippen LogP contribution in [0.1, 0.15) is 12.8 Å². The molecule has 1 fully saturated rings. The third-order valence-corrected chi connectivity index (χ3v) is 3.72. The van der Waals surface area contributed by atoms with Crippen molar-refractivity contribution in [2.75, 3.05) is 46.3 Å². The zero-order valence-electron chi connectivity index (χ0n) is 12.5. The van der Waals surface area contributed by atoms with Crippen LogP contribution in [0.25, 0.3) is 0 Å². The molecular weight excluding hydrogens is 256 g/mol. The van der Waals surface area contributed by atoms with E-state index in [9.17, 15) is 0 Å². The Balaban J connectivity index is 2.06. The maximum atomic E-state index is 5.36. The number of ether oxygens (including phenoxy) is 3. The highest BCUT2D eigenvalue weighted by molar-refractivity contribution is 5.62. The predicted octanol–water partition coefficient (Wildman–Crippen LogP) is 2.12. The predicted molar refractivity (Wildman–Crippen MR) is 80.2 cm³/mol. The molecular formula is C15H24N2O3. The summed E-state index contributed by atoms with van der Waals surface area (Å²) in [6.07, 6.45) is 2.44. The molecule has 1 aliphatic heterocycles. The van der Waals surface area contributed by atoms with E-state index >= 15 is 0 Å². The van der Waals surface area contributed by atoms with Crippen LogP contribution in [0.5, 0.6) is 17.2 Å². The Morgan fingerprint density at radius 3 is 2.15 bits per heavy atom. The summed E-state index contributed by atoms with van der Waals surface area (Å²) in [6, 6.07) is 3.89. The van der Waals surface area contributed by atoms with Crippen LogP contribution in [0.3, 0.4) is 0 Å². The van der Waals surface area contributed by atoms with Gasteiger partial charge in [0.2, 0.25) is 5.75 Å². The average Bonchev–Trinajstić information content (AvgIpc) is 2.52. The standard InChI is InChI=1S/C15H24N2O3/c1-18-13-8-12(9-14(19-2)15(13)20-3)17-10-11-4-6-16-7-5-11/h8-9,11,16-17H,4-7,10H2,1-3H3. The minimum atomic E-state index is 0.627. The van der Waals surface area contributed by atoms with Crippen LogP contribution >= 0.6 is 0 Å². The van der Waals surface area contributed by atoms with E-state index in [0.29, 0.717) is 17.2 Å². The van der Waals surface area contributed by atoms with Gasteiger partial charge in [-0.25, -0.2) is 0 Å². The molecule has 112 valence electrons. The van der Waals surface area contributed by atoms with Gasteiger partial charge in [-0.15, -0.1) is 0 Å². The van der Waals surface area contributed by atoms with Crippen molar-refractivity contribution in [3.05, 3.63) is 12.1 Å². The Labute approximate surface area is 120 Å². The molecule has 0 saturated carbocycles. The molecule has 5 heteroatoms. The lowest BCUT2D eigenvalue weighted by Crippen LogP contribution is -2.31. The average molecular weight is 280 g/mol. The van der Waals surface area contributed by atoms with Crippen LogP contribution in [0, 0.1) is 5.92 Å². The van der Waals surface area contributed by atoms with Crippen LogP contribution < -0.4 is 24.8 Å². The summed E-state index contributed by atoms with van der Waals surface area (Å²) in [6.45, 7) is 3.20. The third kappa shape index (κ3) is 3.48. The minimum Gasteiger partial charge on any atom is -0.493 e. The first-order chi connectivity index (χ1) is 9.78. The summed E-state index contributed by atoms with van der Waals surface area (Å²) in [5, 5.41) is 6.85. The van der Waals surface area contributed by atoms with Crippen LogP contribution in [-0.4, -0.2) is 41.0 Å². The summed E-state index contributed by atoms with van der Waals surface area (Å²) in [5.41, 5.74) is 0.998. The lowest BCUT2D eigenvalue weighted by molar-refractivity contribution is 0.324. The van der Waals surface area contributed by atoms with Gasteiger partial charge in [0, 0.05) is 24.4 Å². The molecule has 1 aromatic rings. The molecule has 0 radical (unpaired) electrons. The quantitative estimate of drug-likeness (QED) is 0.836. The van der Waals surface area contributed by atoms with Gasteiger partial charge in [0.25, 0.3) is 0 Å². The lowest BCUT2D eigenvalue weighted by Gasteiger charge is -2.23. The van der Waals surface area contributed by atoms with Gasteiger partial charge in [-0.1, -0.05) is 0 Å². The Morgan fingerprint density at radius 2 is 1.65 bits per heavy atom. The highest BCUT2D eigenvalue weighted by Crippen LogP contribution is 2.39. The first-order valence-corrected chi connectivity index (χ1v) is 7.03. The van der Waals surface area contributed by atoms with Crippen LogP contribution in [0.15, 0.2) is 12.1 Å². The van der Waals surface area contributed by atoms with Gasteiger partial charge >= 0.3 is 0 Å². The Morgan fingerprint density at radius 1 is 1.05 bits per heavy atom. The van der Waals surface area contributed by atoms with E-state index in [4.69, 9.17) is 14.2 Å². The number of anilines is 1. The summed E-state index contributed by atoms with van der Waals surface area (Å²) < 4.78 is 16.0. The molecule has 0 bridgehead atoms. The second kappa shape index (κ2) is 7.24. The molecule has 0 amide bonds. The molecule has 0 atom stereocenters. The first-order valence-electron chi connectivity index (χ1n) is 7.03. The molecule has 1 aliphatic rings. The highest BCUT2D eigenvalue weighted by atomic mass is 16.5. The van der Waals surface area contributed by atoms with Crippen molar-refractivity contribution in [2.45, 2.75) is 12.8 Å². The molecule has 20 heavy (non-hydrogen) atoms. The van der Waals surface area contributed by atoms with Gasteiger partial charge in [0.1, 0.15) is 0 Å². The maximum Gasteiger partial charge on any atom is 0.203 e. The van der Waals surface area contributed by atoms with Gasteiger partial charge in [0.15, 0.2) is 11.5 Å². The number of nitrogens with one attached hydrogen (secondary N) is 2. The van der Waals surface area contributed by atoms with E-state index < -0.39 is 0 Å². The van der Waals surface area contributed by atoms with E-state index in [1.165, 1.54) is 12.8 Å². The molecule has 0 aromatic heterocycles. The van der Waals surface area contributed by atoms with Crippen molar-refractivity contribution < 1.29 is 14.2 Å². The summed E-state index contributed by atoms with van der Waals surface area (Å²) in [7, 11) is 4.88. The van der Waals surface area contributed by atoms with Crippen molar-refractivity contribution >= 4 is 5.69 Å². The number of methoxy groups -OCH3 is 3. The molecule has 5 nitrogen and oxygen atoms in total. The van der Waals surface area contributed by atoms with Crippen molar-refractivity contribution in [3.63, 3.8) is 0 Å². The van der Waals surface area contributed by atoms with E-state index in [1.807, 2.05) is 12.1 Å². The molecule has 0 unspecified atom stereocenters. The minimum absolute atomic E-state index is 0.627. The smallest absolute Gasteiger partial charge is 0.203 e. The number of hydrogen-bond acceptors (Lipinski definition) is 5. The SMILES string of the molecule is COc1cc(NCC2CCNCC2)cc(OC)c1OC. The van der Waals surface area contributed by atoms with E-state index in [1.54, 1.807) is 21.3 Å². The van der Waals surface area contributed by atoms with Gasteiger partial charge in [-0.2, -0.15) is 0 Å². The Bertz CT molecular complexity index is 406. The van der Waals surface area contributed by atoms with Crippen molar-refractivity contribution in [1.82, 2.24) is 5.32 Å². The van der Waals surface area contributed by atoms with Gasteiger partial charge in [0.05, 0.1) is 21.3 Å². The molecule has 1 heterocycles. The number of rotatable bonds is 6. The fraction of sp³-hybridized carbons (Fsp3) is 0.600. The zero-order valence-corrected chi connectivity index (χ0v) is 12.5. The zero-order chi connectivity index (χ0) is 14.4. The second-order valence-electron chi connectivity index (χ2n) is 4.99. The van der Waals surface area contributed by atoms with Crippen molar-refractivity contribution in [1.29, 1.82) is 0 Å². The summed E-state index contributed by atoms with van der Waals surface area (Å²) >= 11 is 0. The third-order valence-electron chi connectivity index (χ3n) is 3.72. The fourth-order valence-corrected chi connectivity index (χ4v) is 2.53. The molecule has 1 saturated heterocycles. The fourth-order valence-electron chi connectivity index (χ4n) is 2.53. The topological polar surface area (TPSA) is 51.8 Å². The molecule has 0 spiro atoms. The first kappa shape index (κ1) is 14.8.